The van der Waals surface area contributed by atoms with E-state index in [0.29, 0.717) is 36.4 Å². The van der Waals surface area contributed by atoms with Crippen LogP contribution in [0, 0.1) is 5.92 Å². The molecule has 0 bridgehead atoms. The van der Waals surface area contributed by atoms with E-state index in [2.05, 4.69) is 48.4 Å². The number of H-pyrrole nitrogens is 1. The molecule has 1 aromatic carbocycles. The van der Waals surface area contributed by atoms with Gasteiger partial charge in [0.05, 0.1) is 18.5 Å². The quantitative estimate of drug-likeness (QED) is 0.599. The maximum Gasteiger partial charge on any atom is 0.182 e. The highest BCUT2D eigenvalue weighted by Crippen LogP contribution is 2.36. The van der Waals surface area contributed by atoms with Gasteiger partial charge < -0.3 is 24.7 Å². The van der Waals surface area contributed by atoms with Crippen LogP contribution < -0.4 is 15.0 Å². The molecule has 0 radical (unpaired) electrons. The van der Waals surface area contributed by atoms with Crippen molar-refractivity contribution in [3.63, 3.8) is 0 Å². The molecule has 3 aromatic rings. The number of hydrogen-bond acceptors (Lipinski definition) is 7. The summed E-state index contributed by atoms with van der Waals surface area (Å²) in [5.74, 6) is 2.62. The summed E-state index contributed by atoms with van der Waals surface area (Å²) in [6.07, 6.45) is 10.4. The van der Waals surface area contributed by atoms with Gasteiger partial charge in [-0.15, -0.1) is 0 Å². The van der Waals surface area contributed by atoms with Crippen LogP contribution in [-0.4, -0.2) is 64.9 Å². The molecule has 8 nitrogen and oxygen atoms in total. The largest absolute Gasteiger partial charge is 0.491 e. The Hall–Kier alpha value is -2.71. The minimum Gasteiger partial charge on any atom is -0.491 e. The highest BCUT2D eigenvalue weighted by Gasteiger charge is 2.34. The van der Waals surface area contributed by atoms with E-state index in [1.165, 1.54) is 17.5 Å². The molecule has 0 amide bonds. The molecule has 2 saturated heterocycles. The number of imidazole rings is 1. The number of rotatable bonds is 6. The number of aryl methyl sites for hydroxylation is 1. The van der Waals surface area contributed by atoms with E-state index in [1.807, 2.05) is 7.11 Å². The number of benzene rings is 1. The zero-order valence-corrected chi connectivity index (χ0v) is 19.2. The van der Waals surface area contributed by atoms with Crippen LogP contribution >= 0.6 is 0 Å². The summed E-state index contributed by atoms with van der Waals surface area (Å²) in [4.78, 5) is 18.7. The third kappa shape index (κ3) is 3.95. The molecule has 6 rings (SSSR count). The highest BCUT2D eigenvalue weighted by atomic mass is 16.5. The summed E-state index contributed by atoms with van der Waals surface area (Å²) in [5, 5.41) is 3.70. The number of nitrogens with one attached hydrogen (secondary N) is 2. The van der Waals surface area contributed by atoms with Gasteiger partial charge in [0, 0.05) is 26.2 Å². The molecule has 0 saturated carbocycles. The number of ether oxygens (including phenoxy) is 2. The minimum atomic E-state index is 0.292. The Morgan fingerprint density at radius 1 is 1.18 bits per heavy atom. The average Bonchev–Trinajstić information content (AvgIpc) is 3.62. The van der Waals surface area contributed by atoms with E-state index in [4.69, 9.17) is 9.47 Å². The Labute approximate surface area is 194 Å². The number of methoxy groups -OCH3 is 1. The van der Waals surface area contributed by atoms with Crippen molar-refractivity contribution < 1.29 is 9.47 Å². The van der Waals surface area contributed by atoms with Gasteiger partial charge in [0.2, 0.25) is 0 Å². The number of fused-ring (bicyclic) bond motifs is 2. The Bertz CT molecular complexity index is 1120. The van der Waals surface area contributed by atoms with Crippen molar-refractivity contribution in [2.75, 3.05) is 31.7 Å². The summed E-state index contributed by atoms with van der Waals surface area (Å²) in [5.41, 5.74) is 4.47. The molecule has 0 spiro atoms. The van der Waals surface area contributed by atoms with Gasteiger partial charge in [0.1, 0.15) is 24.2 Å². The van der Waals surface area contributed by atoms with Gasteiger partial charge in [-0.05, 0) is 61.6 Å². The normalized spacial score (nSPS) is 27.2. The molecule has 1 aliphatic carbocycles. The van der Waals surface area contributed by atoms with Crippen LogP contribution in [0.4, 0.5) is 5.82 Å². The number of aromatic nitrogens is 4. The van der Waals surface area contributed by atoms with Crippen molar-refractivity contribution in [2.45, 2.75) is 56.7 Å². The topological polar surface area (TPSA) is 88.2 Å². The van der Waals surface area contributed by atoms with Gasteiger partial charge in [0.15, 0.2) is 11.5 Å². The van der Waals surface area contributed by atoms with Crippen molar-refractivity contribution in [3.05, 3.63) is 42.0 Å². The first-order valence-corrected chi connectivity index (χ1v) is 12.2. The van der Waals surface area contributed by atoms with Gasteiger partial charge >= 0.3 is 0 Å². The van der Waals surface area contributed by atoms with Gasteiger partial charge in [-0.1, -0.05) is 12.1 Å². The lowest BCUT2D eigenvalue weighted by atomic mass is 9.79. The van der Waals surface area contributed by atoms with Crippen molar-refractivity contribution in [1.29, 1.82) is 0 Å². The Kier molecular flexibility index (Phi) is 5.63. The van der Waals surface area contributed by atoms with Gasteiger partial charge in [-0.2, -0.15) is 0 Å². The minimum absolute atomic E-state index is 0.292. The monoisotopic (exact) mass is 448 g/mol. The predicted octanol–water partition coefficient (Wildman–Crippen LogP) is 2.88. The molecule has 3 unspecified atom stereocenters. The number of nitrogens with zero attached hydrogens (tertiary/aromatic N) is 4. The van der Waals surface area contributed by atoms with Crippen LogP contribution in [-0.2, 0) is 17.6 Å². The standard InChI is InChI=1S/C25H32N6O2/c1-32-19-11-21(26-12-19)17-8-7-16-4-2-6-22(20(16)10-17)33-13-18-5-3-9-31(18)25-23-24(28-14-27-23)29-15-30-25/h2,4,6,14-15,17-19,21,26H,3,5,7-13H2,1H3,(H,27,28,29,30)/t17?,18-,19?,21?/m1/s1. The lowest BCUT2D eigenvalue weighted by molar-refractivity contribution is 0.115. The number of anilines is 1. The van der Waals surface area contributed by atoms with Gasteiger partial charge in [-0.3, -0.25) is 0 Å². The van der Waals surface area contributed by atoms with Crippen LogP contribution in [0.15, 0.2) is 30.9 Å². The molecule has 174 valence electrons. The molecule has 2 aliphatic heterocycles. The van der Waals surface area contributed by atoms with E-state index in [1.54, 1.807) is 12.7 Å². The van der Waals surface area contributed by atoms with Crippen molar-refractivity contribution in [1.82, 2.24) is 25.3 Å². The van der Waals surface area contributed by atoms with E-state index in [0.717, 1.165) is 62.3 Å². The summed E-state index contributed by atoms with van der Waals surface area (Å²) < 4.78 is 12.1. The molecule has 2 N–H and O–H groups in total. The van der Waals surface area contributed by atoms with E-state index in [-0.39, 0.29) is 0 Å². The van der Waals surface area contributed by atoms with Crippen molar-refractivity contribution >= 4 is 17.0 Å². The molecule has 33 heavy (non-hydrogen) atoms. The molecule has 8 heteroatoms. The van der Waals surface area contributed by atoms with E-state index >= 15 is 0 Å². The van der Waals surface area contributed by atoms with Crippen LogP contribution in [0.3, 0.4) is 0 Å². The zero-order chi connectivity index (χ0) is 22.2. The third-order valence-electron chi connectivity index (χ3n) is 7.79. The van der Waals surface area contributed by atoms with Crippen LogP contribution in [0.5, 0.6) is 5.75 Å². The maximum atomic E-state index is 6.53. The second kappa shape index (κ2) is 8.91. The molecule has 4 heterocycles. The van der Waals surface area contributed by atoms with E-state index < -0.39 is 0 Å². The predicted molar refractivity (Wildman–Crippen MR) is 127 cm³/mol. The summed E-state index contributed by atoms with van der Waals surface area (Å²) in [6.45, 7) is 2.60. The molecular formula is C25H32N6O2. The fourth-order valence-electron chi connectivity index (χ4n) is 5.98. The third-order valence-corrected chi connectivity index (χ3v) is 7.79. The van der Waals surface area contributed by atoms with Crippen LogP contribution in [0.25, 0.3) is 11.2 Å². The summed E-state index contributed by atoms with van der Waals surface area (Å²) >= 11 is 0. The maximum absolute atomic E-state index is 6.53. The smallest absolute Gasteiger partial charge is 0.182 e. The SMILES string of the molecule is COC1CNC(C2CCc3cccc(OC[C@H]4CCCN4c4ncnc5nc[nH]c45)c3C2)C1. The van der Waals surface area contributed by atoms with Gasteiger partial charge in [-0.25, -0.2) is 15.0 Å². The fraction of sp³-hybridized carbons (Fsp3) is 0.560. The molecule has 4 atom stereocenters. The highest BCUT2D eigenvalue weighted by molar-refractivity contribution is 5.83. The first kappa shape index (κ1) is 20.9. The molecule has 2 fully saturated rings. The van der Waals surface area contributed by atoms with Crippen LogP contribution in [0.1, 0.15) is 36.8 Å². The summed E-state index contributed by atoms with van der Waals surface area (Å²) in [7, 11) is 1.82. The Morgan fingerprint density at radius 2 is 2.15 bits per heavy atom. The van der Waals surface area contributed by atoms with Crippen LogP contribution in [0.2, 0.25) is 0 Å². The number of hydrogen-bond donors (Lipinski definition) is 2. The first-order chi connectivity index (χ1) is 16.3. The van der Waals surface area contributed by atoms with E-state index in [9.17, 15) is 0 Å². The summed E-state index contributed by atoms with van der Waals surface area (Å²) in [6, 6.07) is 7.40. The second-order valence-corrected chi connectivity index (χ2v) is 9.60. The molecular weight excluding hydrogens is 416 g/mol. The zero-order valence-electron chi connectivity index (χ0n) is 19.2. The average molecular weight is 449 g/mol. The Balaban J connectivity index is 1.17. The van der Waals surface area contributed by atoms with Crippen molar-refractivity contribution in [3.8, 4) is 5.75 Å². The molecule has 2 aromatic heterocycles. The number of aromatic amines is 1. The lowest BCUT2D eigenvalue weighted by Crippen LogP contribution is -2.36. The van der Waals surface area contributed by atoms with Crippen molar-refractivity contribution in [2.24, 2.45) is 5.92 Å². The molecule has 3 aliphatic rings. The van der Waals surface area contributed by atoms with Gasteiger partial charge in [0.25, 0.3) is 0 Å². The first-order valence-electron chi connectivity index (χ1n) is 12.2. The Morgan fingerprint density at radius 3 is 3.06 bits per heavy atom. The fourth-order valence-corrected chi connectivity index (χ4v) is 5.98. The second-order valence-electron chi connectivity index (χ2n) is 9.60. The lowest BCUT2D eigenvalue weighted by Gasteiger charge is -2.31.